The van der Waals surface area contributed by atoms with Gasteiger partial charge in [0, 0.05) is 11.5 Å². The lowest BCUT2D eigenvalue weighted by Crippen LogP contribution is -2.16. The number of amides is 1. The maximum atomic E-state index is 12.7. The predicted molar refractivity (Wildman–Crippen MR) is 106 cm³/mol. The molecule has 3 rings (SSSR count). The molecule has 0 aliphatic heterocycles. The molecule has 0 fully saturated rings. The average Bonchev–Trinajstić information content (AvgIpc) is 3.06. The number of anilines is 1. The highest BCUT2D eigenvalue weighted by Crippen LogP contribution is 2.27. The Morgan fingerprint density at radius 1 is 1.19 bits per heavy atom. The van der Waals surface area contributed by atoms with Crippen LogP contribution in [0.1, 0.15) is 35.6 Å². The van der Waals surface area contributed by atoms with Crippen LogP contribution in [0, 0.1) is 6.92 Å². The van der Waals surface area contributed by atoms with Crippen molar-refractivity contribution in [2.24, 2.45) is 0 Å². The molecule has 27 heavy (non-hydrogen) atoms. The first-order valence-electron chi connectivity index (χ1n) is 8.60. The summed E-state index contributed by atoms with van der Waals surface area (Å²) >= 11 is 1.14. The number of nitrogens with zero attached hydrogens (tertiary/aromatic N) is 2. The maximum Gasteiger partial charge on any atom is 0.261 e. The van der Waals surface area contributed by atoms with Crippen molar-refractivity contribution in [1.29, 1.82) is 0 Å². The lowest BCUT2D eigenvalue weighted by atomic mass is 10.1. The van der Waals surface area contributed by atoms with Crippen LogP contribution in [0.2, 0.25) is 0 Å². The molecule has 0 bridgehead atoms. The standard InChI is InChI=1S/C20H21N3O3S/c1-13(2)26-18-10-9-16(25-12-15-7-5-4-6-8-15)11-17(18)19(24)22-20-21-14(3)23-27-20/h4-11,13H,12H2,1-3H3,(H,21,22,23,24). The summed E-state index contributed by atoms with van der Waals surface area (Å²) in [5.74, 6) is 1.39. The van der Waals surface area contributed by atoms with E-state index in [1.54, 1.807) is 25.1 Å². The van der Waals surface area contributed by atoms with Gasteiger partial charge >= 0.3 is 0 Å². The minimum Gasteiger partial charge on any atom is -0.490 e. The molecule has 0 spiro atoms. The summed E-state index contributed by atoms with van der Waals surface area (Å²) in [7, 11) is 0. The van der Waals surface area contributed by atoms with Crippen LogP contribution in [-0.2, 0) is 6.61 Å². The fourth-order valence-corrected chi connectivity index (χ4v) is 2.96. The number of carbonyl (C=O) groups excluding carboxylic acids is 1. The van der Waals surface area contributed by atoms with E-state index in [0.29, 0.717) is 34.6 Å². The first-order valence-corrected chi connectivity index (χ1v) is 9.37. The van der Waals surface area contributed by atoms with Gasteiger partial charge in [-0.2, -0.15) is 4.37 Å². The summed E-state index contributed by atoms with van der Waals surface area (Å²) < 4.78 is 15.7. The number of aryl methyl sites for hydroxylation is 1. The van der Waals surface area contributed by atoms with Gasteiger partial charge in [-0.1, -0.05) is 30.3 Å². The highest BCUT2D eigenvalue weighted by Gasteiger charge is 2.17. The van der Waals surface area contributed by atoms with E-state index in [9.17, 15) is 4.79 Å². The molecule has 3 aromatic rings. The van der Waals surface area contributed by atoms with Gasteiger partial charge in [0.05, 0.1) is 11.7 Å². The molecular formula is C20H21N3O3S. The van der Waals surface area contributed by atoms with E-state index >= 15 is 0 Å². The van der Waals surface area contributed by atoms with Crippen LogP contribution in [0.4, 0.5) is 5.13 Å². The van der Waals surface area contributed by atoms with Crippen LogP contribution < -0.4 is 14.8 Å². The van der Waals surface area contributed by atoms with Crippen LogP contribution in [0.25, 0.3) is 0 Å². The average molecular weight is 383 g/mol. The zero-order chi connectivity index (χ0) is 19.2. The lowest BCUT2D eigenvalue weighted by molar-refractivity contribution is 0.102. The van der Waals surface area contributed by atoms with E-state index in [1.807, 2.05) is 44.2 Å². The molecule has 1 amide bonds. The van der Waals surface area contributed by atoms with Crippen molar-refractivity contribution in [1.82, 2.24) is 9.36 Å². The van der Waals surface area contributed by atoms with Crippen molar-refractivity contribution in [3.05, 3.63) is 65.5 Å². The molecular weight excluding hydrogens is 362 g/mol. The molecule has 140 valence electrons. The Bertz CT molecular complexity index is 910. The number of aromatic nitrogens is 2. The van der Waals surface area contributed by atoms with Gasteiger partial charge in [-0.3, -0.25) is 10.1 Å². The van der Waals surface area contributed by atoms with E-state index in [0.717, 1.165) is 17.1 Å². The molecule has 0 aliphatic carbocycles. The molecule has 0 saturated carbocycles. The van der Waals surface area contributed by atoms with Crippen LogP contribution in [0.5, 0.6) is 11.5 Å². The SMILES string of the molecule is Cc1nsc(NC(=O)c2cc(OCc3ccccc3)ccc2OC(C)C)n1. The van der Waals surface area contributed by atoms with Gasteiger partial charge in [-0.25, -0.2) is 4.98 Å². The zero-order valence-corrected chi connectivity index (χ0v) is 16.2. The van der Waals surface area contributed by atoms with Crippen molar-refractivity contribution in [2.75, 3.05) is 5.32 Å². The van der Waals surface area contributed by atoms with Crippen molar-refractivity contribution >= 4 is 22.6 Å². The minimum absolute atomic E-state index is 0.0589. The third kappa shape index (κ3) is 5.27. The van der Waals surface area contributed by atoms with Gasteiger partial charge < -0.3 is 9.47 Å². The normalized spacial score (nSPS) is 10.7. The van der Waals surface area contributed by atoms with E-state index in [4.69, 9.17) is 9.47 Å². The lowest BCUT2D eigenvalue weighted by Gasteiger charge is -2.15. The second-order valence-corrected chi connectivity index (χ2v) is 6.95. The Morgan fingerprint density at radius 2 is 1.96 bits per heavy atom. The number of ether oxygens (including phenoxy) is 2. The fraction of sp³-hybridized carbons (Fsp3) is 0.250. The van der Waals surface area contributed by atoms with E-state index < -0.39 is 0 Å². The van der Waals surface area contributed by atoms with E-state index in [-0.39, 0.29) is 12.0 Å². The molecule has 0 atom stereocenters. The smallest absolute Gasteiger partial charge is 0.261 e. The van der Waals surface area contributed by atoms with E-state index in [1.165, 1.54) is 0 Å². The second-order valence-electron chi connectivity index (χ2n) is 6.20. The molecule has 1 heterocycles. The van der Waals surface area contributed by atoms with Crippen molar-refractivity contribution in [2.45, 2.75) is 33.5 Å². The van der Waals surface area contributed by atoms with Gasteiger partial charge in [0.2, 0.25) is 5.13 Å². The van der Waals surface area contributed by atoms with Gasteiger partial charge in [0.15, 0.2) is 0 Å². The topological polar surface area (TPSA) is 73.3 Å². The Hall–Kier alpha value is -2.93. The number of hydrogen-bond acceptors (Lipinski definition) is 6. The highest BCUT2D eigenvalue weighted by atomic mass is 32.1. The third-order valence-electron chi connectivity index (χ3n) is 3.55. The zero-order valence-electron chi connectivity index (χ0n) is 15.4. The number of benzene rings is 2. The van der Waals surface area contributed by atoms with E-state index in [2.05, 4.69) is 14.7 Å². The minimum atomic E-state index is -0.313. The fourth-order valence-electron chi connectivity index (χ4n) is 2.39. The molecule has 6 nitrogen and oxygen atoms in total. The van der Waals surface area contributed by atoms with Crippen molar-refractivity contribution in [3.63, 3.8) is 0 Å². The number of nitrogens with one attached hydrogen (secondary N) is 1. The van der Waals surface area contributed by atoms with Crippen LogP contribution >= 0.6 is 11.5 Å². The molecule has 1 aromatic heterocycles. The number of hydrogen-bond donors (Lipinski definition) is 1. The van der Waals surface area contributed by atoms with Crippen LogP contribution in [0.3, 0.4) is 0 Å². The Labute approximate surface area is 162 Å². The molecule has 0 aliphatic rings. The van der Waals surface area contributed by atoms with Gasteiger partial charge in [-0.15, -0.1) is 0 Å². The summed E-state index contributed by atoms with van der Waals surface area (Å²) in [6.45, 7) is 6.02. The highest BCUT2D eigenvalue weighted by molar-refractivity contribution is 7.09. The van der Waals surface area contributed by atoms with Crippen LogP contribution in [-0.4, -0.2) is 21.4 Å². The monoisotopic (exact) mass is 383 g/mol. The van der Waals surface area contributed by atoms with Gasteiger partial charge in [-0.05, 0) is 44.5 Å². The van der Waals surface area contributed by atoms with Crippen LogP contribution in [0.15, 0.2) is 48.5 Å². The number of rotatable bonds is 7. The largest absolute Gasteiger partial charge is 0.490 e. The molecule has 7 heteroatoms. The predicted octanol–water partition coefficient (Wildman–Crippen LogP) is 4.47. The summed E-state index contributed by atoms with van der Waals surface area (Å²) in [6, 6.07) is 15.1. The third-order valence-corrected chi connectivity index (χ3v) is 4.28. The maximum absolute atomic E-state index is 12.7. The second kappa shape index (κ2) is 8.64. The quantitative estimate of drug-likeness (QED) is 0.652. The number of carbonyl (C=O) groups is 1. The summed E-state index contributed by atoms with van der Waals surface area (Å²) in [5.41, 5.74) is 1.44. The molecule has 0 unspecified atom stereocenters. The molecule has 1 N–H and O–H groups in total. The first kappa shape index (κ1) is 18.8. The van der Waals surface area contributed by atoms with Gasteiger partial charge in [0.25, 0.3) is 5.91 Å². The summed E-state index contributed by atoms with van der Waals surface area (Å²) in [6.07, 6.45) is -0.0589. The van der Waals surface area contributed by atoms with Gasteiger partial charge in [0.1, 0.15) is 23.9 Å². The Morgan fingerprint density at radius 3 is 2.63 bits per heavy atom. The summed E-state index contributed by atoms with van der Waals surface area (Å²) in [4.78, 5) is 16.9. The molecule has 2 aromatic carbocycles. The summed E-state index contributed by atoms with van der Waals surface area (Å²) in [5, 5.41) is 3.21. The van der Waals surface area contributed by atoms with Crippen molar-refractivity contribution < 1.29 is 14.3 Å². The molecule has 0 saturated heterocycles. The first-order chi connectivity index (χ1) is 13.0. The molecule has 0 radical (unpaired) electrons. The van der Waals surface area contributed by atoms with Crippen molar-refractivity contribution in [3.8, 4) is 11.5 Å². The Balaban J connectivity index is 1.80. The Kier molecular flexibility index (Phi) is 6.03.